The van der Waals surface area contributed by atoms with Crippen LogP contribution in [0.25, 0.3) is 0 Å². The molecule has 1 amide bonds. The second-order valence-electron chi connectivity index (χ2n) is 5.71. The smallest absolute Gasteiger partial charge is 0.306 e. The molecule has 1 aliphatic carbocycles. The van der Waals surface area contributed by atoms with E-state index in [0.29, 0.717) is 23.0 Å². The fraction of sp³-hybridized carbons (Fsp3) is 0.500. The van der Waals surface area contributed by atoms with Crippen LogP contribution in [0.15, 0.2) is 24.3 Å². The summed E-state index contributed by atoms with van der Waals surface area (Å²) in [6.45, 7) is 0. The number of hydrogen-bond donors (Lipinski definition) is 2. The monoisotopic (exact) mass is 337 g/mol. The minimum absolute atomic E-state index is 0.0192. The van der Waals surface area contributed by atoms with Crippen molar-refractivity contribution in [3.8, 4) is 0 Å². The lowest BCUT2D eigenvalue weighted by atomic mass is 10.1. The molecular formula is C16H19NO3S2. The molecule has 6 heteroatoms. The molecule has 22 heavy (non-hydrogen) atoms. The Kier molecular flexibility index (Phi) is 4.98. The van der Waals surface area contributed by atoms with E-state index in [4.69, 9.17) is 5.11 Å². The van der Waals surface area contributed by atoms with E-state index in [1.807, 2.05) is 47.8 Å². The van der Waals surface area contributed by atoms with Crippen LogP contribution in [0.2, 0.25) is 0 Å². The molecule has 1 saturated carbocycles. The maximum absolute atomic E-state index is 12.2. The average molecular weight is 337 g/mol. The highest BCUT2D eigenvalue weighted by molar-refractivity contribution is 8.19. The highest BCUT2D eigenvalue weighted by Gasteiger charge is 2.30. The van der Waals surface area contributed by atoms with Crippen LogP contribution >= 0.6 is 23.5 Å². The summed E-state index contributed by atoms with van der Waals surface area (Å²) in [5, 5.41) is 12.0. The van der Waals surface area contributed by atoms with E-state index in [-0.39, 0.29) is 17.9 Å². The number of benzene rings is 1. The molecule has 2 fully saturated rings. The Morgan fingerprint density at radius 3 is 2.36 bits per heavy atom. The van der Waals surface area contributed by atoms with Crippen molar-refractivity contribution in [2.75, 3.05) is 11.5 Å². The molecule has 0 aromatic heterocycles. The van der Waals surface area contributed by atoms with Gasteiger partial charge in [-0.25, -0.2) is 0 Å². The van der Waals surface area contributed by atoms with Crippen LogP contribution < -0.4 is 5.32 Å². The third kappa shape index (κ3) is 3.60. The lowest BCUT2D eigenvalue weighted by Crippen LogP contribution is -2.33. The van der Waals surface area contributed by atoms with Crippen molar-refractivity contribution in [2.45, 2.75) is 29.9 Å². The molecular weight excluding hydrogens is 318 g/mol. The van der Waals surface area contributed by atoms with Crippen molar-refractivity contribution in [1.29, 1.82) is 0 Å². The van der Waals surface area contributed by atoms with E-state index in [1.54, 1.807) is 0 Å². The van der Waals surface area contributed by atoms with Crippen molar-refractivity contribution in [2.24, 2.45) is 5.92 Å². The van der Waals surface area contributed by atoms with Crippen LogP contribution in [0.5, 0.6) is 0 Å². The normalized spacial score (nSPS) is 25.3. The van der Waals surface area contributed by atoms with Crippen molar-refractivity contribution in [3.05, 3.63) is 35.4 Å². The van der Waals surface area contributed by atoms with Gasteiger partial charge in [-0.2, -0.15) is 0 Å². The fourth-order valence-corrected chi connectivity index (χ4v) is 5.81. The number of nitrogens with one attached hydrogen (secondary N) is 1. The Bertz CT molecular complexity index is 555. The molecule has 3 rings (SSSR count). The number of carbonyl (C=O) groups is 2. The van der Waals surface area contributed by atoms with Gasteiger partial charge >= 0.3 is 5.97 Å². The number of carboxylic acids is 1. The molecule has 0 unspecified atom stereocenters. The van der Waals surface area contributed by atoms with Gasteiger partial charge in [0.25, 0.3) is 5.91 Å². The molecule has 2 aliphatic rings. The summed E-state index contributed by atoms with van der Waals surface area (Å²) < 4.78 is 0.489. The Labute approximate surface area is 138 Å². The first-order valence-corrected chi connectivity index (χ1v) is 9.60. The largest absolute Gasteiger partial charge is 0.481 e. The minimum atomic E-state index is -0.757. The zero-order chi connectivity index (χ0) is 15.5. The molecule has 0 spiro atoms. The van der Waals surface area contributed by atoms with Gasteiger partial charge in [-0.15, -0.1) is 23.5 Å². The van der Waals surface area contributed by atoms with E-state index < -0.39 is 5.97 Å². The number of rotatable bonds is 4. The van der Waals surface area contributed by atoms with Crippen molar-refractivity contribution < 1.29 is 14.7 Å². The number of hydrogen-bond acceptors (Lipinski definition) is 4. The number of aliphatic carboxylic acids is 1. The molecule has 0 bridgehead atoms. The first kappa shape index (κ1) is 15.7. The molecule has 1 aromatic rings. The van der Waals surface area contributed by atoms with Gasteiger partial charge in [-0.1, -0.05) is 12.1 Å². The van der Waals surface area contributed by atoms with Crippen molar-refractivity contribution in [3.63, 3.8) is 0 Å². The van der Waals surface area contributed by atoms with Crippen LogP contribution in [0.1, 0.15) is 39.8 Å². The fourth-order valence-electron chi connectivity index (χ4n) is 2.95. The zero-order valence-corrected chi connectivity index (χ0v) is 13.8. The molecule has 4 nitrogen and oxygen atoms in total. The molecule has 1 heterocycles. The molecule has 1 aromatic carbocycles. The molecule has 1 aliphatic heterocycles. The van der Waals surface area contributed by atoms with Crippen LogP contribution in [0, 0.1) is 5.92 Å². The lowest BCUT2D eigenvalue weighted by molar-refractivity contribution is -0.141. The molecule has 118 valence electrons. The van der Waals surface area contributed by atoms with Crippen molar-refractivity contribution in [1.82, 2.24) is 5.32 Å². The molecule has 2 atom stereocenters. The van der Waals surface area contributed by atoms with E-state index in [1.165, 1.54) is 17.1 Å². The summed E-state index contributed by atoms with van der Waals surface area (Å²) in [7, 11) is 0. The van der Waals surface area contributed by atoms with E-state index >= 15 is 0 Å². The van der Waals surface area contributed by atoms with Gasteiger partial charge in [0.15, 0.2) is 0 Å². The molecule has 1 saturated heterocycles. The number of thioether (sulfide) groups is 2. The summed E-state index contributed by atoms with van der Waals surface area (Å²) in [4.78, 5) is 23.2. The van der Waals surface area contributed by atoms with Gasteiger partial charge in [-0.3, -0.25) is 9.59 Å². The quantitative estimate of drug-likeness (QED) is 0.883. The van der Waals surface area contributed by atoms with Crippen LogP contribution in [-0.2, 0) is 4.79 Å². The van der Waals surface area contributed by atoms with Gasteiger partial charge in [-0.05, 0) is 37.0 Å². The average Bonchev–Trinajstić information content (AvgIpc) is 3.19. The van der Waals surface area contributed by atoms with Crippen molar-refractivity contribution >= 4 is 35.4 Å². The molecule has 2 N–H and O–H groups in total. The first-order valence-electron chi connectivity index (χ1n) is 7.50. The van der Waals surface area contributed by atoms with Crippen LogP contribution in [0.4, 0.5) is 0 Å². The van der Waals surface area contributed by atoms with Gasteiger partial charge in [0.1, 0.15) is 0 Å². The molecule has 0 radical (unpaired) electrons. The number of amides is 1. The third-order valence-corrected chi connectivity index (χ3v) is 7.29. The van der Waals surface area contributed by atoms with E-state index in [9.17, 15) is 9.59 Å². The Morgan fingerprint density at radius 1 is 1.09 bits per heavy atom. The summed E-state index contributed by atoms with van der Waals surface area (Å²) in [6, 6.07) is 7.77. The predicted molar refractivity (Wildman–Crippen MR) is 90.3 cm³/mol. The maximum atomic E-state index is 12.2. The van der Waals surface area contributed by atoms with Crippen LogP contribution in [-0.4, -0.2) is 34.5 Å². The zero-order valence-electron chi connectivity index (χ0n) is 12.2. The predicted octanol–water partition coefficient (Wildman–Crippen LogP) is 3.15. The first-order chi connectivity index (χ1) is 10.6. The summed E-state index contributed by atoms with van der Waals surface area (Å²) in [5.41, 5.74) is 1.91. The third-order valence-electron chi connectivity index (χ3n) is 4.18. The number of carbonyl (C=O) groups excluding carboxylic acids is 1. The standard InChI is InChI=1S/C16H19NO3S2/c18-14(17-13-6-5-12(9-13)15(19)20)10-1-3-11(4-2-10)16-21-7-8-22-16/h1-4,12-13,16H,5-9H2,(H,17,18)(H,19,20)/t12-,13+/m0/s1. The van der Waals surface area contributed by atoms with Gasteiger partial charge < -0.3 is 10.4 Å². The highest BCUT2D eigenvalue weighted by atomic mass is 32.2. The summed E-state index contributed by atoms with van der Waals surface area (Å²) in [6.07, 6.45) is 1.93. The van der Waals surface area contributed by atoms with Gasteiger partial charge in [0, 0.05) is 23.1 Å². The summed E-state index contributed by atoms with van der Waals surface area (Å²) in [5.74, 6) is 1.19. The maximum Gasteiger partial charge on any atom is 0.306 e. The Morgan fingerprint density at radius 2 is 1.77 bits per heavy atom. The Hall–Kier alpha value is -1.14. The van der Waals surface area contributed by atoms with E-state index in [2.05, 4.69) is 5.32 Å². The number of carboxylic acid groups (broad SMARTS) is 1. The van der Waals surface area contributed by atoms with E-state index in [0.717, 1.165) is 6.42 Å². The second kappa shape index (κ2) is 6.96. The van der Waals surface area contributed by atoms with Crippen LogP contribution in [0.3, 0.4) is 0 Å². The Balaban J connectivity index is 1.57. The van der Waals surface area contributed by atoms with Gasteiger partial charge in [0.2, 0.25) is 0 Å². The topological polar surface area (TPSA) is 66.4 Å². The second-order valence-corrected chi connectivity index (χ2v) is 8.44. The summed E-state index contributed by atoms with van der Waals surface area (Å²) >= 11 is 3.89. The van der Waals surface area contributed by atoms with Gasteiger partial charge in [0.05, 0.1) is 10.5 Å². The lowest BCUT2D eigenvalue weighted by Gasteiger charge is -2.13. The minimum Gasteiger partial charge on any atom is -0.481 e. The SMILES string of the molecule is O=C(N[C@@H]1CC[C@H](C(=O)O)C1)c1ccc(C2SCCS2)cc1. The highest BCUT2D eigenvalue weighted by Crippen LogP contribution is 2.45.